The first-order valence-electron chi connectivity index (χ1n) is 2.57. The summed E-state index contributed by atoms with van der Waals surface area (Å²) in [5, 5.41) is 0. The van der Waals surface area contributed by atoms with Crippen LogP contribution < -0.4 is 11.5 Å². The summed E-state index contributed by atoms with van der Waals surface area (Å²) < 4.78 is 0. The van der Waals surface area contributed by atoms with Gasteiger partial charge >= 0.3 is 0 Å². The molecule has 52 valence electrons. The molecule has 1 aromatic rings. The number of nitrogens with zero attached hydrogens (tertiary/aromatic N) is 2. The number of hydrogen-bond acceptors (Lipinski definition) is 4. The molecule has 0 aliphatic rings. The van der Waals surface area contributed by atoms with E-state index in [1.165, 1.54) is 12.4 Å². The van der Waals surface area contributed by atoms with Crippen molar-refractivity contribution in [1.29, 1.82) is 0 Å². The molecule has 0 saturated heterocycles. The second kappa shape index (κ2) is 2.30. The van der Waals surface area contributed by atoms with E-state index in [4.69, 9.17) is 11.5 Å². The predicted molar refractivity (Wildman–Crippen MR) is 35.0 cm³/mol. The van der Waals surface area contributed by atoms with Gasteiger partial charge in [-0.2, -0.15) is 0 Å². The Morgan fingerprint density at radius 1 is 1.40 bits per heavy atom. The minimum absolute atomic E-state index is 0.0193. The van der Waals surface area contributed by atoms with Crippen LogP contribution in [0.3, 0.4) is 0 Å². The number of hydrogen-bond donors (Lipinski definition) is 2. The van der Waals surface area contributed by atoms with Gasteiger partial charge in [-0.3, -0.25) is 4.79 Å². The van der Waals surface area contributed by atoms with E-state index in [9.17, 15) is 4.79 Å². The van der Waals surface area contributed by atoms with Crippen LogP contribution in [-0.2, 0) is 0 Å². The molecule has 1 heterocycles. The second-order valence-electron chi connectivity index (χ2n) is 1.70. The van der Waals surface area contributed by atoms with Gasteiger partial charge in [-0.05, 0) is 0 Å². The van der Waals surface area contributed by atoms with Gasteiger partial charge in [0.2, 0.25) is 5.82 Å². The normalized spacial score (nSPS) is 9.20. The first-order chi connectivity index (χ1) is 4.70. The molecule has 0 saturated carbocycles. The lowest BCUT2D eigenvalue weighted by Crippen LogP contribution is -2.14. The Morgan fingerprint density at radius 2 is 1.90 bits per heavy atom. The van der Waals surface area contributed by atoms with E-state index in [-0.39, 0.29) is 5.82 Å². The van der Waals surface area contributed by atoms with Crippen LogP contribution >= 0.6 is 0 Å². The Balaban J connectivity index is 3.00. The van der Waals surface area contributed by atoms with Crippen molar-refractivity contribution >= 4 is 11.6 Å². The van der Waals surface area contributed by atoms with Crippen LogP contribution in [0.5, 0.6) is 0 Å². The molecule has 0 bridgehead atoms. The number of nitrogens with two attached hydrogens (primary N) is 2. The Morgan fingerprint density at radius 3 is 2.30 bits per heavy atom. The summed E-state index contributed by atoms with van der Waals surface area (Å²) in [5.74, 6) is -0.672. The van der Waals surface area contributed by atoms with Gasteiger partial charge in [0.1, 0.15) is 0 Å². The van der Waals surface area contributed by atoms with Crippen molar-refractivity contribution in [2.24, 2.45) is 5.73 Å². The van der Waals surface area contributed by atoms with Gasteiger partial charge in [-0.15, -0.1) is 0 Å². The van der Waals surface area contributed by atoms with Gasteiger partial charge in [0.05, 0.1) is 18.1 Å². The molecule has 0 radical (unpaired) electrons. The molecule has 1 amide bonds. The van der Waals surface area contributed by atoms with Crippen LogP contribution in [-0.4, -0.2) is 15.9 Å². The molecule has 1 aromatic heterocycles. The molecule has 1 rings (SSSR count). The fourth-order valence-electron chi connectivity index (χ4n) is 0.465. The number of anilines is 1. The average molecular weight is 138 g/mol. The van der Waals surface area contributed by atoms with E-state index < -0.39 is 5.91 Å². The Bertz CT molecular complexity index is 242. The minimum Gasteiger partial charge on any atom is -0.396 e. The van der Waals surface area contributed by atoms with E-state index in [1.54, 1.807) is 0 Å². The van der Waals surface area contributed by atoms with Gasteiger partial charge in [0, 0.05) is 0 Å². The van der Waals surface area contributed by atoms with E-state index in [0.29, 0.717) is 5.69 Å². The summed E-state index contributed by atoms with van der Waals surface area (Å²) in [6.07, 6.45) is 2.65. The zero-order chi connectivity index (χ0) is 7.56. The molecule has 0 unspecified atom stereocenters. The largest absolute Gasteiger partial charge is 0.396 e. The molecule has 0 atom stereocenters. The molecule has 5 nitrogen and oxygen atoms in total. The van der Waals surface area contributed by atoms with Gasteiger partial charge < -0.3 is 11.5 Å². The Kier molecular flexibility index (Phi) is 1.49. The molecular formula is C5H6N4O. The van der Waals surface area contributed by atoms with E-state index in [1.807, 2.05) is 0 Å². The lowest BCUT2D eigenvalue weighted by Gasteiger charge is -1.92. The van der Waals surface area contributed by atoms with Gasteiger partial charge in [-0.25, -0.2) is 9.97 Å². The first-order valence-corrected chi connectivity index (χ1v) is 2.57. The molecule has 10 heavy (non-hydrogen) atoms. The molecule has 4 N–H and O–H groups in total. The maximum absolute atomic E-state index is 10.4. The van der Waals surface area contributed by atoms with Crippen LogP contribution in [0.1, 0.15) is 10.6 Å². The molecule has 0 aliphatic heterocycles. The van der Waals surface area contributed by atoms with E-state index >= 15 is 0 Å². The molecule has 0 spiro atoms. The maximum Gasteiger partial charge on any atom is 0.286 e. The summed E-state index contributed by atoms with van der Waals surface area (Å²) in [4.78, 5) is 17.5. The first kappa shape index (κ1) is 6.47. The molecule has 0 aliphatic carbocycles. The molecular weight excluding hydrogens is 132 g/mol. The van der Waals surface area contributed by atoms with Crippen molar-refractivity contribution in [3.8, 4) is 0 Å². The van der Waals surface area contributed by atoms with Crippen molar-refractivity contribution < 1.29 is 4.79 Å². The number of carbonyl (C=O) groups is 1. The SMILES string of the molecule is NC(=O)c1ncc(N)cn1. The third-order valence-electron chi connectivity index (χ3n) is 0.892. The average Bonchev–Trinajstić information content (AvgIpc) is 1.88. The zero-order valence-corrected chi connectivity index (χ0v) is 5.11. The number of amides is 1. The minimum atomic E-state index is -0.653. The second-order valence-corrected chi connectivity index (χ2v) is 1.70. The van der Waals surface area contributed by atoms with Crippen molar-refractivity contribution in [3.05, 3.63) is 18.2 Å². The quantitative estimate of drug-likeness (QED) is 0.528. The summed E-state index contributed by atoms with van der Waals surface area (Å²) in [7, 11) is 0. The van der Waals surface area contributed by atoms with Crippen LogP contribution in [0.25, 0.3) is 0 Å². The Labute approximate surface area is 57.1 Å². The summed E-state index contributed by atoms with van der Waals surface area (Å²) in [5.41, 5.74) is 10.5. The smallest absolute Gasteiger partial charge is 0.286 e. The zero-order valence-electron chi connectivity index (χ0n) is 5.11. The number of nitrogen functional groups attached to an aromatic ring is 1. The lowest BCUT2D eigenvalue weighted by molar-refractivity contribution is 0.0990. The third-order valence-corrected chi connectivity index (χ3v) is 0.892. The lowest BCUT2D eigenvalue weighted by atomic mass is 10.5. The molecule has 0 fully saturated rings. The summed E-state index contributed by atoms with van der Waals surface area (Å²) >= 11 is 0. The van der Waals surface area contributed by atoms with Crippen LogP contribution in [0, 0.1) is 0 Å². The van der Waals surface area contributed by atoms with Crippen LogP contribution in [0.15, 0.2) is 12.4 Å². The number of carbonyl (C=O) groups excluding carboxylic acids is 1. The molecule has 0 aromatic carbocycles. The third kappa shape index (κ3) is 1.19. The van der Waals surface area contributed by atoms with Crippen LogP contribution in [0.2, 0.25) is 0 Å². The Hall–Kier alpha value is -1.65. The fraction of sp³-hybridized carbons (Fsp3) is 0. The van der Waals surface area contributed by atoms with Crippen molar-refractivity contribution in [2.75, 3.05) is 5.73 Å². The highest BCUT2D eigenvalue weighted by Crippen LogP contribution is 1.94. The van der Waals surface area contributed by atoms with Crippen molar-refractivity contribution in [1.82, 2.24) is 9.97 Å². The highest BCUT2D eigenvalue weighted by atomic mass is 16.1. The van der Waals surface area contributed by atoms with Crippen molar-refractivity contribution in [3.63, 3.8) is 0 Å². The maximum atomic E-state index is 10.4. The fourth-order valence-corrected chi connectivity index (χ4v) is 0.465. The van der Waals surface area contributed by atoms with Gasteiger partial charge in [0.15, 0.2) is 0 Å². The van der Waals surface area contributed by atoms with Gasteiger partial charge in [-0.1, -0.05) is 0 Å². The summed E-state index contributed by atoms with van der Waals surface area (Å²) in [6.45, 7) is 0. The molecule has 5 heteroatoms. The standard InChI is InChI=1S/C5H6N4O/c6-3-1-8-5(4(7)10)9-2-3/h1-2H,6H2,(H2,7,10). The highest BCUT2D eigenvalue weighted by molar-refractivity contribution is 5.88. The monoisotopic (exact) mass is 138 g/mol. The van der Waals surface area contributed by atoms with Crippen LogP contribution in [0.4, 0.5) is 5.69 Å². The van der Waals surface area contributed by atoms with E-state index in [2.05, 4.69) is 9.97 Å². The number of primary amides is 1. The summed E-state index contributed by atoms with van der Waals surface area (Å²) in [6, 6.07) is 0. The van der Waals surface area contributed by atoms with Gasteiger partial charge in [0.25, 0.3) is 5.91 Å². The predicted octanol–water partition coefficient (Wildman–Crippen LogP) is -0.842. The van der Waals surface area contributed by atoms with E-state index in [0.717, 1.165) is 0 Å². The number of rotatable bonds is 1. The van der Waals surface area contributed by atoms with Crippen molar-refractivity contribution in [2.45, 2.75) is 0 Å². The topological polar surface area (TPSA) is 94.9 Å². The number of aromatic nitrogens is 2. The highest BCUT2D eigenvalue weighted by Gasteiger charge is 2.00.